The van der Waals surface area contributed by atoms with Crippen molar-refractivity contribution >= 4 is 17.6 Å². The number of ether oxygens (including phenoxy) is 1. The fourth-order valence-corrected chi connectivity index (χ4v) is 1.80. The molecule has 0 saturated carbocycles. The highest BCUT2D eigenvalue weighted by atomic mass is 35.5. The zero-order valence-corrected chi connectivity index (χ0v) is 13.3. The second-order valence-electron chi connectivity index (χ2n) is 4.68. The van der Waals surface area contributed by atoms with Crippen LogP contribution in [0, 0.1) is 26.6 Å². The van der Waals surface area contributed by atoms with Gasteiger partial charge in [-0.15, -0.1) is 0 Å². The number of carbonyl (C=O) groups excluding carboxylic acids is 1. The summed E-state index contributed by atoms with van der Waals surface area (Å²) in [5.74, 6) is -0.506. The monoisotopic (exact) mass is 308 g/mol. The number of benzene rings is 2. The van der Waals surface area contributed by atoms with Crippen molar-refractivity contribution in [1.82, 2.24) is 0 Å². The molecule has 2 aromatic carbocycles. The summed E-state index contributed by atoms with van der Waals surface area (Å²) in [6.45, 7) is 5.70. The molecule has 0 radical (unpaired) electrons. The van der Waals surface area contributed by atoms with Crippen molar-refractivity contribution < 1.29 is 13.9 Å². The SMILES string of the molecule is COC(=O)c1cc(Cl)ccc1C.Cc1ccc(F)cc1C. The summed E-state index contributed by atoms with van der Waals surface area (Å²) in [5, 5.41) is 0.543. The first-order valence-corrected chi connectivity index (χ1v) is 6.80. The first-order chi connectivity index (χ1) is 9.85. The quantitative estimate of drug-likeness (QED) is 0.702. The fourth-order valence-electron chi connectivity index (χ4n) is 1.63. The van der Waals surface area contributed by atoms with Gasteiger partial charge in [-0.2, -0.15) is 0 Å². The predicted octanol–water partition coefficient (Wildman–Crippen LogP) is 4.88. The zero-order valence-electron chi connectivity index (χ0n) is 12.5. The summed E-state index contributed by atoms with van der Waals surface area (Å²) in [4.78, 5) is 11.1. The summed E-state index contributed by atoms with van der Waals surface area (Å²) in [6.07, 6.45) is 0. The maximum absolute atomic E-state index is 12.3. The molecule has 4 heteroatoms. The van der Waals surface area contributed by atoms with Gasteiger partial charge >= 0.3 is 5.97 Å². The Labute approximate surface area is 129 Å². The topological polar surface area (TPSA) is 26.3 Å². The third kappa shape index (κ3) is 5.20. The number of hydrogen-bond acceptors (Lipinski definition) is 2. The number of halogens is 2. The molecule has 0 aliphatic rings. The molecule has 0 amide bonds. The van der Waals surface area contributed by atoms with E-state index >= 15 is 0 Å². The summed E-state index contributed by atoms with van der Waals surface area (Å²) in [5.41, 5.74) is 3.53. The molecule has 2 rings (SSSR count). The molecule has 112 valence electrons. The van der Waals surface area contributed by atoms with Crippen LogP contribution in [0.2, 0.25) is 5.02 Å². The van der Waals surface area contributed by atoms with Gasteiger partial charge in [0.2, 0.25) is 0 Å². The second-order valence-corrected chi connectivity index (χ2v) is 5.12. The van der Waals surface area contributed by atoms with E-state index in [1.54, 1.807) is 24.3 Å². The molecular formula is C17H18ClFO2. The highest BCUT2D eigenvalue weighted by Gasteiger charge is 2.08. The molecule has 0 bridgehead atoms. The van der Waals surface area contributed by atoms with Crippen molar-refractivity contribution in [3.8, 4) is 0 Å². The lowest BCUT2D eigenvalue weighted by Crippen LogP contribution is -2.03. The minimum atomic E-state index is -0.352. The Morgan fingerprint density at radius 3 is 2.14 bits per heavy atom. The molecule has 0 aliphatic heterocycles. The maximum atomic E-state index is 12.3. The lowest BCUT2D eigenvalue weighted by molar-refractivity contribution is 0.0600. The van der Waals surface area contributed by atoms with Crippen molar-refractivity contribution in [1.29, 1.82) is 0 Å². The summed E-state index contributed by atoms with van der Waals surface area (Å²) >= 11 is 5.71. The maximum Gasteiger partial charge on any atom is 0.338 e. The van der Waals surface area contributed by atoms with Crippen LogP contribution < -0.4 is 0 Å². The van der Waals surface area contributed by atoms with E-state index in [0.29, 0.717) is 10.6 Å². The van der Waals surface area contributed by atoms with E-state index in [-0.39, 0.29) is 11.8 Å². The van der Waals surface area contributed by atoms with Crippen LogP contribution in [0.25, 0.3) is 0 Å². The normalized spacial score (nSPS) is 9.62. The van der Waals surface area contributed by atoms with Crippen LogP contribution in [0.4, 0.5) is 4.39 Å². The molecule has 0 spiro atoms. The van der Waals surface area contributed by atoms with Gasteiger partial charge in [0.05, 0.1) is 12.7 Å². The first kappa shape index (κ1) is 17.2. The molecular weight excluding hydrogens is 291 g/mol. The van der Waals surface area contributed by atoms with Crippen LogP contribution in [0.15, 0.2) is 36.4 Å². The van der Waals surface area contributed by atoms with Gasteiger partial charge in [-0.3, -0.25) is 0 Å². The van der Waals surface area contributed by atoms with E-state index in [9.17, 15) is 9.18 Å². The number of esters is 1. The molecule has 0 aromatic heterocycles. The van der Waals surface area contributed by atoms with Crippen molar-refractivity contribution in [3.63, 3.8) is 0 Å². The number of rotatable bonds is 1. The number of hydrogen-bond donors (Lipinski definition) is 0. The van der Waals surface area contributed by atoms with Crippen LogP contribution in [-0.4, -0.2) is 13.1 Å². The number of methoxy groups -OCH3 is 1. The third-order valence-electron chi connectivity index (χ3n) is 3.07. The minimum absolute atomic E-state index is 0.155. The lowest BCUT2D eigenvalue weighted by Gasteiger charge is -2.02. The Hall–Kier alpha value is -1.87. The molecule has 0 aliphatic carbocycles. The molecule has 0 N–H and O–H groups in total. The van der Waals surface area contributed by atoms with E-state index in [4.69, 9.17) is 11.6 Å². The molecule has 0 fully saturated rings. The van der Waals surface area contributed by atoms with Gasteiger partial charge in [-0.25, -0.2) is 9.18 Å². The number of aryl methyl sites for hydroxylation is 3. The third-order valence-corrected chi connectivity index (χ3v) is 3.31. The highest BCUT2D eigenvalue weighted by Crippen LogP contribution is 2.15. The van der Waals surface area contributed by atoms with E-state index in [0.717, 1.165) is 16.7 Å². The Bertz CT molecular complexity index is 639. The summed E-state index contributed by atoms with van der Waals surface area (Å²) < 4.78 is 16.9. The largest absolute Gasteiger partial charge is 0.465 e. The van der Waals surface area contributed by atoms with Crippen LogP contribution in [-0.2, 0) is 4.74 Å². The van der Waals surface area contributed by atoms with Crippen molar-refractivity contribution in [2.45, 2.75) is 20.8 Å². The van der Waals surface area contributed by atoms with E-state index in [1.165, 1.54) is 19.2 Å². The Balaban J connectivity index is 0.000000219. The van der Waals surface area contributed by atoms with Crippen molar-refractivity contribution in [2.24, 2.45) is 0 Å². The van der Waals surface area contributed by atoms with Crippen LogP contribution in [0.1, 0.15) is 27.0 Å². The van der Waals surface area contributed by atoms with Crippen LogP contribution >= 0.6 is 11.6 Å². The van der Waals surface area contributed by atoms with Crippen LogP contribution in [0.3, 0.4) is 0 Å². The van der Waals surface area contributed by atoms with E-state index < -0.39 is 0 Å². The molecule has 0 unspecified atom stereocenters. The number of carbonyl (C=O) groups is 1. The lowest BCUT2D eigenvalue weighted by atomic mass is 10.1. The molecule has 0 heterocycles. The van der Waals surface area contributed by atoms with Crippen LogP contribution in [0.5, 0.6) is 0 Å². The molecule has 21 heavy (non-hydrogen) atoms. The minimum Gasteiger partial charge on any atom is -0.465 e. The van der Waals surface area contributed by atoms with Crippen molar-refractivity contribution in [3.05, 3.63) is 69.5 Å². The van der Waals surface area contributed by atoms with Gasteiger partial charge < -0.3 is 4.74 Å². The van der Waals surface area contributed by atoms with E-state index in [1.807, 2.05) is 20.8 Å². The van der Waals surface area contributed by atoms with Gasteiger partial charge in [0.15, 0.2) is 0 Å². The molecule has 2 aromatic rings. The van der Waals surface area contributed by atoms with Crippen molar-refractivity contribution in [2.75, 3.05) is 7.11 Å². The van der Waals surface area contributed by atoms with E-state index in [2.05, 4.69) is 4.74 Å². The average Bonchev–Trinajstić information content (AvgIpc) is 2.45. The zero-order chi connectivity index (χ0) is 16.0. The van der Waals surface area contributed by atoms with Gasteiger partial charge in [-0.1, -0.05) is 23.7 Å². The Kier molecular flexibility index (Phi) is 6.38. The fraction of sp³-hybridized carbons (Fsp3) is 0.235. The summed E-state index contributed by atoms with van der Waals surface area (Å²) in [7, 11) is 1.35. The predicted molar refractivity (Wildman–Crippen MR) is 83.4 cm³/mol. The van der Waals surface area contributed by atoms with Gasteiger partial charge in [0.1, 0.15) is 5.82 Å². The Morgan fingerprint density at radius 2 is 1.62 bits per heavy atom. The smallest absolute Gasteiger partial charge is 0.338 e. The summed E-state index contributed by atoms with van der Waals surface area (Å²) in [6, 6.07) is 9.92. The molecule has 0 atom stereocenters. The first-order valence-electron chi connectivity index (χ1n) is 6.42. The second kappa shape index (κ2) is 7.79. The molecule has 0 saturated heterocycles. The molecule has 2 nitrogen and oxygen atoms in total. The van der Waals surface area contributed by atoms with Gasteiger partial charge in [0, 0.05) is 5.02 Å². The van der Waals surface area contributed by atoms with Gasteiger partial charge in [-0.05, 0) is 61.7 Å². The van der Waals surface area contributed by atoms with Gasteiger partial charge in [0.25, 0.3) is 0 Å². The highest BCUT2D eigenvalue weighted by molar-refractivity contribution is 6.31. The standard InChI is InChI=1S/C9H9ClO2.C8H9F/c1-6-3-4-7(10)5-8(6)9(11)12-2;1-6-3-4-8(9)5-7(6)2/h3-5H,1-2H3;3-5H,1-2H3. The average molecular weight is 309 g/mol. The Morgan fingerprint density at radius 1 is 1.00 bits per heavy atom.